The van der Waals surface area contributed by atoms with Crippen molar-refractivity contribution in [1.29, 1.82) is 0 Å². The van der Waals surface area contributed by atoms with Crippen LogP contribution in [0.2, 0.25) is 0 Å². The Hall–Kier alpha value is -2.69. The lowest BCUT2D eigenvalue weighted by atomic mass is 9.97. The number of allylic oxidation sites excluding steroid dienone is 3. The lowest BCUT2D eigenvalue weighted by Gasteiger charge is -2.18. The molecule has 2 aromatic heterocycles. The highest BCUT2D eigenvalue weighted by molar-refractivity contribution is 6.31. The lowest BCUT2D eigenvalue weighted by Crippen LogP contribution is -2.34. The van der Waals surface area contributed by atoms with E-state index >= 15 is 0 Å². The average Bonchev–Trinajstić information content (AvgIpc) is 2.74. The molecule has 30 heavy (non-hydrogen) atoms. The highest BCUT2D eigenvalue weighted by Gasteiger charge is 2.23. The number of aliphatic hydroxyl groups is 1. The van der Waals surface area contributed by atoms with Gasteiger partial charge in [0.05, 0.1) is 5.03 Å². The molecule has 3 N–H and O–H groups in total. The third-order valence-corrected chi connectivity index (χ3v) is 4.64. The van der Waals surface area contributed by atoms with E-state index in [1.807, 2.05) is 0 Å². The molecular weight excluding hydrogens is 437 g/mol. The Labute approximate surface area is 180 Å². The van der Waals surface area contributed by atoms with Gasteiger partial charge >= 0.3 is 5.69 Å². The molecule has 162 valence electrons. The number of hydrogen-bond acceptors (Lipinski definition) is 7. The predicted molar refractivity (Wildman–Crippen MR) is 112 cm³/mol. The molecule has 3 rings (SSSR count). The smallest absolute Gasteiger partial charge is 0.344 e. The van der Waals surface area contributed by atoms with Crippen LogP contribution in [0.5, 0.6) is 5.88 Å². The Bertz CT molecular complexity index is 1130. The molecule has 0 saturated heterocycles. The summed E-state index contributed by atoms with van der Waals surface area (Å²) < 4.78 is 6.70. The zero-order valence-electron chi connectivity index (χ0n) is 16.5. The molecule has 2 unspecified atom stereocenters. The van der Waals surface area contributed by atoms with Crippen LogP contribution in [0.3, 0.4) is 0 Å². The Morgan fingerprint density at radius 2 is 2.03 bits per heavy atom. The van der Waals surface area contributed by atoms with Crippen LogP contribution in [0.1, 0.15) is 36.4 Å². The third-order valence-electron chi connectivity index (χ3n) is 4.32. The van der Waals surface area contributed by atoms with Crippen molar-refractivity contribution >= 4 is 23.2 Å². The van der Waals surface area contributed by atoms with Crippen LogP contribution in [0, 0.1) is 0 Å². The van der Waals surface area contributed by atoms with Gasteiger partial charge in [-0.15, -0.1) is 16.7 Å². The van der Waals surface area contributed by atoms with E-state index in [1.165, 1.54) is 19.5 Å². The summed E-state index contributed by atoms with van der Waals surface area (Å²) in [4.78, 5) is 37.5. The van der Waals surface area contributed by atoms with Gasteiger partial charge in [0, 0.05) is 43.5 Å². The standard InChI is InChI=1S/C17H18ClN5O5.CH3Cl/c1-8(7-24)10-6-13(20-21-15(10)25)28-12-4-3-9(5-11(12)18)14-16(26)19-17(27)23(2)22-14;1-2/h4-6,8-9,24H,3,7H2,1-2H3,(H,21,25)(H,19,26,27);1H3. The number of nitrogens with zero attached hydrogens (tertiary/aromatic N) is 3. The van der Waals surface area contributed by atoms with Crippen LogP contribution < -0.4 is 21.5 Å². The predicted octanol–water partition coefficient (Wildman–Crippen LogP) is 1.08. The van der Waals surface area contributed by atoms with Crippen LogP contribution in [-0.4, -0.2) is 43.1 Å². The van der Waals surface area contributed by atoms with Gasteiger partial charge in [0.1, 0.15) is 11.5 Å². The topological polar surface area (TPSA) is 143 Å². The normalized spacial score (nSPS) is 16.7. The fraction of sp³-hybridized carbons (Fsp3) is 0.389. The van der Waals surface area contributed by atoms with Gasteiger partial charge in [-0.2, -0.15) is 5.10 Å². The second-order valence-electron chi connectivity index (χ2n) is 6.37. The minimum atomic E-state index is -0.601. The zero-order valence-corrected chi connectivity index (χ0v) is 18.0. The quantitative estimate of drug-likeness (QED) is 0.569. The number of hydrogen-bond donors (Lipinski definition) is 3. The minimum absolute atomic E-state index is 0.115. The van der Waals surface area contributed by atoms with E-state index in [4.69, 9.17) is 16.3 Å². The maximum atomic E-state index is 12.0. The van der Waals surface area contributed by atoms with Crippen molar-refractivity contribution in [3.63, 3.8) is 0 Å². The Morgan fingerprint density at radius 1 is 1.33 bits per heavy atom. The molecule has 10 nitrogen and oxygen atoms in total. The molecule has 0 bridgehead atoms. The number of aliphatic hydroxyl groups excluding tert-OH is 1. The van der Waals surface area contributed by atoms with Crippen molar-refractivity contribution < 1.29 is 9.84 Å². The lowest BCUT2D eigenvalue weighted by molar-refractivity contribution is 0.271. The molecule has 1 aliphatic rings. The first kappa shape index (κ1) is 23.6. The molecule has 0 aromatic carbocycles. The maximum Gasteiger partial charge on any atom is 0.344 e. The van der Waals surface area contributed by atoms with Crippen molar-refractivity contribution in [1.82, 2.24) is 25.0 Å². The summed E-state index contributed by atoms with van der Waals surface area (Å²) in [5, 5.41) is 19.6. The minimum Gasteiger partial charge on any atom is -0.436 e. The summed E-state index contributed by atoms with van der Waals surface area (Å²) in [5.41, 5.74) is -1.08. The second kappa shape index (κ2) is 10.4. The van der Waals surface area contributed by atoms with Crippen LogP contribution in [0.4, 0.5) is 0 Å². The van der Waals surface area contributed by atoms with Gasteiger partial charge in [0.2, 0.25) is 5.88 Å². The van der Waals surface area contributed by atoms with Gasteiger partial charge in [-0.3, -0.25) is 14.6 Å². The Morgan fingerprint density at radius 3 is 2.67 bits per heavy atom. The van der Waals surface area contributed by atoms with Crippen molar-refractivity contribution in [2.45, 2.75) is 25.2 Å². The Balaban J connectivity index is 0.00000155. The molecule has 0 spiro atoms. The van der Waals surface area contributed by atoms with E-state index < -0.39 is 22.7 Å². The first-order chi connectivity index (χ1) is 14.3. The van der Waals surface area contributed by atoms with E-state index in [-0.39, 0.29) is 29.1 Å². The van der Waals surface area contributed by atoms with Crippen molar-refractivity contribution in [2.75, 3.05) is 13.0 Å². The van der Waals surface area contributed by atoms with Crippen molar-refractivity contribution in [2.24, 2.45) is 7.05 Å². The van der Waals surface area contributed by atoms with Gasteiger partial charge in [-0.05, 0) is 12.5 Å². The number of aromatic amines is 2. The average molecular weight is 458 g/mol. The number of aromatic nitrogens is 5. The highest BCUT2D eigenvalue weighted by atomic mass is 35.5. The van der Waals surface area contributed by atoms with Crippen LogP contribution >= 0.6 is 23.2 Å². The monoisotopic (exact) mass is 457 g/mol. The fourth-order valence-electron chi connectivity index (χ4n) is 2.71. The largest absolute Gasteiger partial charge is 0.436 e. The number of ether oxygens (including phenoxy) is 1. The summed E-state index contributed by atoms with van der Waals surface area (Å²) in [6, 6.07) is 1.44. The molecule has 0 fully saturated rings. The van der Waals surface area contributed by atoms with Crippen molar-refractivity contribution in [3.8, 4) is 5.88 Å². The molecule has 12 heteroatoms. The van der Waals surface area contributed by atoms with Gasteiger partial charge in [-0.1, -0.05) is 24.6 Å². The van der Waals surface area contributed by atoms with E-state index in [2.05, 4.69) is 31.9 Å². The zero-order chi connectivity index (χ0) is 22.4. The molecule has 2 aromatic rings. The summed E-state index contributed by atoms with van der Waals surface area (Å²) in [6.07, 6.45) is 5.10. The number of H-pyrrole nitrogens is 2. The van der Waals surface area contributed by atoms with E-state index in [0.717, 1.165) is 4.68 Å². The first-order valence-electron chi connectivity index (χ1n) is 8.81. The molecule has 0 saturated carbocycles. The number of aryl methyl sites for hydroxylation is 1. The molecule has 0 aliphatic heterocycles. The summed E-state index contributed by atoms with van der Waals surface area (Å²) in [7, 11) is 1.44. The maximum absolute atomic E-state index is 12.0. The molecular formula is C18H21Cl2N5O5. The van der Waals surface area contributed by atoms with Gasteiger partial charge < -0.3 is 9.84 Å². The summed E-state index contributed by atoms with van der Waals surface area (Å²) in [5.74, 6) is -0.387. The highest BCUT2D eigenvalue weighted by Crippen LogP contribution is 2.31. The number of alkyl halides is 1. The van der Waals surface area contributed by atoms with E-state index in [0.29, 0.717) is 17.7 Å². The Kier molecular flexibility index (Phi) is 8.16. The fourth-order valence-corrected chi connectivity index (χ4v) is 2.97. The van der Waals surface area contributed by atoms with Gasteiger partial charge in [0.25, 0.3) is 11.1 Å². The SMILES string of the molecule is CC(CO)c1cc(OC2=CCC(c3nn(C)c(=O)[nH]c3=O)C=C2Cl)n[nH]c1=O.CCl. The second-order valence-corrected chi connectivity index (χ2v) is 6.78. The van der Waals surface area contributed by atoms with E-state index in [1.54, 1.807) is 19.1 Å². The molecule has 0 radical (unpaired) electrons. The van der Waals surface area contributed by atoms with Crippen molar-refractivity contribution in [3.05, 3.63) is 71.5 Å². The molecule has 2 atom stereocenters. The van der Waals surface area contributed by atoms with Gasteiger partial charge in [-0.25, -0.2) is 14.6 Å². The van der Waals surface area contributed by atoms with Crippen LogP contribution in [-0.2, 0) is 7.05 Å². The number of halogens is 2. The molecule has 1 aliphatic carbocycles. The molecule has 0 amide bonds. The summed E-state index contributed by atoms with van der Waals surface area (Å²) in [6.45, 7) is 1.50. The van der Waals surface area contributed by atoms with Crippen LogP contribution in [0.15, 0.2) is 43.4 Å². The molecule has 2 heterocycles. The van der Waals surface area contributed by atoms with Crippen LogP contribution in [0.25, 0.3) is 0 Å². The number of rotatable bonds is 5. The first-order valence-corrected chi connectivity index (χ1v) is 9.95. The number of nitrogens with one attached hydrogen (secondary N) is 2. The summed E-state index contributed by atoms with van der Waals surface area (Å²) >= 11 is 10.9. The van der Waals surface area contributed by atoms with Gasteiger partial charge in [0.15, 0.2) is 0 Å². The third kappa shape index (κ3) is 5.26. The van der Waals surface area contributed by atoms with E-state index in [9.17, 15) is 19.5 Å².